The molecule has 23 heavy (non-hydrogen) atoms. The molecule has 8 heteroatoms. The molecule has 1 aromatic carbocycles. The van der Waals surface area contributed by atoms with Crippen molar-refractivity contribution in [2.75, 3.05) is 11.4 Å². The molecule has 0 aromatic heterocycles. The summed E-state index contributed by atoms with van der Waals surface area (Å²) >= 11 is 0. The highest BCUT2D eigenvalue weighted by molar-refractivity contribution is 6.02. The Bertz CT molecular complexity index is 674. The molecule has 0 spiro atoms. The fourth-order valence-corrected chi connectivity index (χ4v) is 2.82. The summed E-state index contributed by atoms with van der Waals surface area (Å²) in [6.45, 7) is 0.0780. The number of carbonyl (C=O) groups is 3. The number of benzene rings is 1. The van der Waals surface area contributed by atoms with Gasteiger partial charge in [-0.05, 0) is 25.0 Å². The Kier molecular flexibility index (Phi) is 3.75. The number of nitrogens with zero attached hydrogens (tertiary/aromatic N) is 1. The smallest absolute Gasteiger partial charge is 0.307 e. The highest BCUT2D eigenvalue weighted by Gasteiger charge is 2.49. The molecule has 0 bridgehead atoms. The van der Waals surface area contributed by atoms with E-state index in [1.807, 2.05) is 0 Å². The predicted octanol–water partition coefficient (Wildman–Crippen LogP) is 0.907. The van der Waals surface area contributed by atoms with Crippen molar-refractivity contribution in [3.63, 3.8) is 0 Å². The van der Waals surface area contributed by atoms with Gasteiger partial charge in [-0.15, -0.1) is 0 Å². The Labute approximate surface area is 130 Å². The molecule has 1 aliphatic heterocycles. The van der Waals surface area contributed by atoms with Crippen molar-refractivity contribution < 1.29 is 28.3 Å². The Morgan fingerprint density at radius 2 is 1.87 bits per heavy atom. The lowest BCUT2D eigenvalue weighted by atomic mass is 10.2. The van der Waals surface area contributed by atoms with Crippen LogP contribution in [0.5, 0.6) is 0 Å². The minimum absolute atomic E-state index is 0.0780. The van der Waals surface area contributed by atoms with Crippen LogP contribution in [0.25, 0.3) is 0 Å². The largest absolute Gasteiger partial charge is 0.481 e. The quantitative estimate of drug-likeness (QED) is 0.862. The number of aliphatic carboxylic acids is 1. The summed E-state index contributed by atoms with van der Waals surface area (Å²) in [4.78, 5) is 35.9. The zero-order valence-corrected chi connectivity index (χ0v) is 12.0. The summed E-state index contributed by atoms with van der Waals surface area (Å²) in [5.41, 5.74) is -0.427. The van der Waals surface area contributed by atoms with Crippen LogP contribution in [0.4, 0.5) is 14.5 Å². The van der Waals surface area contributed by atoms with Crippen LogP contribution in [0.15, 0.2) is 18.2 Å². The van der Waals surface area contributed by atoms with Crippen LogP contribution in [0.1, 0.15) is 12.8 Å². The number of rotatable bonds is 4. The van der Waals surface area contributed by atoms with Gasteiger partial charge in [0.25, 0.3) is 0 Å². The van der Waals surface area contributed by atoms with Crippen LogP contribution in [-0.4, -0.2) is 35.5 Å². The predicted molar refractivity (Wildman–Crippen MR) is 74.5 cm³/mol. The Hall–Kier alpha value is -2.51. The molecule has 0 unspecified atom stereocenters. The van der Waals surface area contributed by atoms with E-state index in [1.165, 1.54) is 6.07 Å². The monoisotopic (exact) mass is 324 g/mol. The summed E-state index contributed by atoms with van der Waals surface area (Å²) in [6, 6.07) is 2.42. The Morgan fingerprint density at radius 1 is 1.22 bits per heavy atom. The molecule has 3 rings (SSSR count). The molecule has 2 amide bonds. The average molecular weight is 324 g/mol. The lowest BCUT2D eigenvalue weighted by Gasteiger charge is -2.18. The number of carboxylic acids is 1. The van der Waals surface area contributed by atoms with Gasteiger partial charge in [0, 0.05) is 6.54 Å². The summed E-state index contributed by atoms with van der Waals surface area (Å²) in [6.07, 6.45) is 0.455. The minimum atomic E-state index is -1.04. The van der Waals surface area contributed by atoms with E-state index in [-0.39, 0.29) is 19.4 Å². The number of halogens is 2. The van der Waals surface area contributed by atoms with Crippen LogP contribution in [0.3, 0.4) is 0 Å². The van der Waals surface area contributed by atoms with Crippen molar-refractivity contribution in [2.45, 2.75) is 18.9 Å². The fraction of sp³-hybridized carbons (Fsp3) is 0.400. The van der Waals surface area contributed by atoms with Crippen LogP contribution in [-0.2, 0) is 14.4 Å². The Morgan fingerprint density at radius 3 is 2.43 bits per heavy atom. The van der Waals surface area contributed by atoms with E-state index in [1.54, 1.807) is 0 Å². The summed E-state index contributed by atoms with van der Waals surface area (Å²) in [7, 11) is 0. The maximum atomic E-state index is 13.8. The van der Waals surface area contributed by atoms with Crippen molar-refractivity contribution >= 4 is 23.5 Å². The number of nitrogens with one attached hydrogen (secondary N) is 1. The van der Waals surface area contributed by atoms with Gasteiger partial charge in [0.2, 0.25) is 11.8 Å². The normalized spacial score (nSPS) is 26.3. The van der Waals surface area contributed by atoms with Crippen LogP contribution < -0.4 is 10.2 Å². The highest BCUT2D eigenvalue weighted by atomic mass is 19.1. The summed E-state index contributed by atoms with van der Waals surface area (Å²) < 4.78 is 27.5. The van der Waals surface area contributed by atoms with Gasteiger partial charge < -0.3 is 15.3 Å². The van der Waals surface area contributed by atoms with E-state index in [9.17, 15) is 23.2 Å². The van der Waals surface area contributed by atoms with Crippen molar-refractivity contribution in [1.82, 2.24) is 5.32 Å². The molecule has 1 saturated heterocycles. The first-order valence-corrected chi connectivity index (χ1v) is 7.18. The van der Waals surface area contributed by atoms with Crippen LogP contribution >= 0.6 is 0 Å². The molecule has 1 aromatic rings. The summed E-state index contributed by atoms with van der Waals surface area (Å²) in [5.74, 6) is -5.21. The molecule has 0 radical (unpaired) electrons. The van der Waals surface area contributed by atoms with Crippen LogP contribution in [0.2, 0.25) is 0 Å². The van der Waals surface area contributed by atoms with Gasteiger partial charge >= 0.3 is 5.97 Å². The maximum absolute atomic E-state index is 13.8. The van der Waals surface area contributed by atoms with Crippen molar-refractivity contribution in [3.8, 4) is 0 Å². The summed E-state index contributed by atoms with van der Waals surface area (Å²) in [5, 5.41) is 11.3. The van der Waals surface area contributed by atoms with Gasteiger partial charge in [-0.2, -0.15) is 0 Å². The van der Waals surface area contributed by atoms with Crippen molar-refractivity contribution in [1.29, 1.82) is 0 Å². The molecule has 2 N–H and O–H groups in total. The molecule has 6 nitrogen and oxygen atoms in total. The number of hydrogen-bond acceptors (Lipinski definition) is 3. The fourth-order valence-electron chi connectivity index (χ4n) is 2.82. The van der Waals surface area contributed by atoms with E-state index in [0.717, 1.165) is 17.0 Å². The van der Waals surface area contributed by atoms with Gasteiger partial charge in [0.1, 0.15) is 23.4 Å². The standard InChI is InChI=1S/C15H14F2N2O4/c16-9-2-1-3-10(17)12(9)19-5-4-11(14(19)21)18-13(20)7-6-8(7)15(22)23/h1-3,7-8,11H,4-6H2,(H,18,20)(H,22,23)/t7-,8-,11-/m1/s1. The van der Waals surface area contributed by atoms with Crippen LogP contribution in [0, 0.1) is 23.5 Å². The molecule has 3 atom stereocenters. The molecule has 1 heterocycles. The minimum Gasteiger partial charge on any atom is -0.481 e. The molecule has 2 aliphatic rings. The number of anilines is 1. The van der Waals surface area contributed by atoms with E-state index < -0.39 is 53.0 Å². The number of carbonyl (C=O) groups excluding carboxylic acids is 2. The first-order chi connectivity index (χ1) is 10.9. The van der Waals surface area contributed by atoms with E-state index in [0.29, 0.717) is 0 Å². The third-order valence-corrected chi connectivity index (χ3v) is 4.17. The number of amides is 2. The average Bonchev–Trinajstić information content (AvgIpc) is 3.22. The third kappa shape index (κ3) is 2.76. The molecule has 1 saturated carbocycles. The molecule has 1 aliphatic carbocycles. The topological polar surface area (TPSA) is 86.7 Å². The van der Waals surface area contributed by atoms with E-state index in [2.05, 4.69) is 5.32 Å². The molecule has 122 valence electrons. The van der Waals surface area contributed by atoms with Crippen molar-refractivity contribution in [2.24, 2.45) is 11.8 Å². The number of hydrogen-bond donors (Lipinski definition) is 2. The first kappa shape index (κ1) is 15.4. The van der Waals surface area contributed by atoms with Crippen molar-refractivity contribution in [3.05, 3.63) is 29.8 Å². The third-order valence-electron chi connectivity index (χ3n) is 4.17. The van der Waals surface area contributed by atoms with Gasteiger partial charge in [0.15, 0.2) is 0 Å². The second-order valence-electron chi connectivity index (χ2n) is 5.70. The second kappa shape index (κ2) is 5.60. The molecular weight excluding hydrogens is 310 g/mol. The number of carboxylic acid groups (broad SMARTS) is 1. The lowest BCUT2D eigenvalue weighted by Crippen LogP contribution is -2.42. The van der Waals surface area contributed by atoms with E-state index >= 15 is 0 Å². The van der Waals surface area contributed by atoms with Gasteiger partial charge in [-0.3, -0.25) is 14.4 Å². The Balaban J connectivity index is 1.68. The second-order valence-corrected chi connectivity index (χ2v) is 5.70. The zero-order chi connectivity index (χ0) is 16.7. The maximum Gasteiger partial charge on any atom is 0.307 e. The van der Waals surface area contributed by atoms with Gasteiger partial charge in [0.05, 0.1) is 11.8 Å². The molecular formula is C15H14F2N2O4. The van der Waals surface area contributed by atoms with E-state index in [4.69, 9.17) is 5.11 Å². The molecule has 2 fully saturated rings. The van der Waals surface area contributed by atoms with Gasteiger partial charge in [-0.25, -0.2) is 8.78 Å². The highest BCUT2D eigenvalue weighted by Crippen LogP contribution is 2.39. The lowest BCUT2D eigenvalue weighted by molar-refractivity contribution is -0.140. The van der Waals surface area contributed by atoms with Gasteiger partial charge in [-0.1, -0.05) is 6.07 Å². The first-order valence-electron chi connectivity index (χ1n) is 7.18. The zero-order valence-electron chi connectivity index (χ0n) is 12.0. The SMILES string of the molecule is O=C(O)[C@@H]1C[C@H]1C(=O)N[C@@H]1CCN(c2c(F)cccc2F)C1=O. The number of para-hydroxylation sites is 1.